The van der Waals surface area contributed by atoms with Gasteiger partial charge in [-0.3, -0.25) is 14.6 Å². The summed E-state index contributed by atoms with van der Waals surface area (Å²) in [6.07, 6.45) is 1.84. The molecule has 1 saturated heterocycles. The number of carbonyl (C=O) groups excluding carboxylic acids is 2. The van der Waals surface area contributed by atoms with E-state index in [1.165, 1.54) is 0 Å². The summed E-state index contributed by atoms with van der Waals surface area (Å²) in [5.74, 6) is 0.0759. The van der Waals surface area contributed by atoms with E-state index < -0.39 is 0 Å². The van der Waals surface area contributed by atoms with Gasteiger partial charge in [-0.1, -0.05) is 13.8 Å². The van der Waals surface area contributed by atoms with Crippen molar-refractivity contribution < 1.29 is 9.59 Å². The van der Waals surface area contributed by atoms with Gasteiger partial charge in [0.25, 0.3) is 5.91 Å². The Hall–Kier alpha value is -1.91. The van der Waals surface area contributed by atoms with Crippen LogP contribution in [0.5, 0.6) is 0 Å². The number of likely N-dealkylation sites (tertiary alicyclic amines) is 1. The fraction of sp³-hybridized carbons (Fsp3) is 0.588. The maximum atomic E-state index is 12.4. The lowest BCUT2D eigenvalue weighted by Gasteiger charge is -2.34. The summed E-state index contributed by atoms with van der Waals surface area (Å²) >= 11 is 0. The molecule has 0 radical (unpaired) electrons. The molecule has 2 amide bonds. The number of aromatic nitrogens is 1. The number of nitrogens with one attached hydrogen (secondary N) is 1. The molecule has 1 aliphatic rings. The number of amides is 2. The van der Waals surface area contributed by atoms with Gasteiger partial charge in [-0.2, -0.15) is 0 Å². The van der Waals surface area contributed by atoms with Crippen LogP contribution >= 0.6 is 0 Å². The first kappa shape index (κ1) is 16.5. The number of pyridine rings is 1. The van der Waals surface area contributed by atoms with Gasteiger partial charge >= 0.3 is 0 Å². The minimum atomic E-state index is -0.0857. The number of nitrogens with zero attached hydrogens (tertiary/aromatic N) is 2. The molecular weight excluding hydrogens is 278 g/mol. The Morgan fingerprint density at radius 3 is 2.50 bits per heavy atom. The van der Waals surface area contributed by atoms with E-state index in [0.29, 0.717) is 12.1 Å². The van der Waals surface area contributed by atoms with Crippen LogP contribution in [0.2, 0.25) is 0 Å². The maximum absolute atomic E-state index is 12.4. The first-order valence-electron chi connectivity index (χ1n) is 7.91. The maximum Gasteiger partial charge on any atom is 0.251 e. The van der Waals surface area contributed by atoms with E-state index >= 15 is 0 Å². The van der Waals surface area contributed by atoms with Crippen molar-refractivity contribution in [2.24, 2.45) is 5.92 Å². The van der Waals surface area contributed by atoms with E-state index in [4.69, 9.17) is 0 Å². The van der Waals surface area contributed by atoms with Crippen LogP contribution in [0.1, 0.15) is 48.4 Å². The molecule has 0 spiro atoms. The van der Waals surface area contributed by atoms with Crippen LogP contribution < -0.4 is 5.32 Å². The van der Waals surface area contributed by atoms with Gasteiger partial charge in [-0.25, -0.2) is 0 Å². The summed E-state index contributed by atoms with van der Waals surface area (Å²) in [7, 11) is 0. The molecule has 0 saturated carbocycles. The van der Waals surface area contributed by atoms with E-state index in [-0.39, 0.29) is 23.8 Å². The summed E-state index contributed by atoms with van der Waals surface area (Å²) in [5, 5.41) is 3.05. The number of hydrogen-bond acceptors (Lipinski definition) is 3. The molecule has 0 aromatic carbocycles. The van der Waals surface area contributed by atoms with Crippen molar-refractivity contribution in [2.75, 3.05) is 13.1 Å². The van der Waals surface area contributed by atoms with Crippen LogP contribution in [-0.2, 0) is 4.79 Å². The Balaban J connectivity index is 2.00. The number of rotatable bonds is 3. The highest BCUT2D eigenvalue weighted by Gasteiger charge is 2.26. The molecule has 2 rings (SSSR count). The van der Waals surface area contributed by atoms with Crippen LogP contribution in [0.3, 0.4) is 0 Å². The predicted molar refractivity (Wildman–Crippen MR) is 85.6 cm³/mol. The molecule has 1 aromatic rings. The Labute approximate surface area is 132 Å². The molecule has 1 N–H and O–H groups in total. The normalized spacial score (nSPS) is 18.4. The lowest BCUT2D eigenvalue weighted by atomic mass is 10.0. The van der Waals surface area contributed by atoms with Crippen LogP contribution in [-0.4, -0.2) is 40.8 Å². The standard InChI is InChI=1S/C17H25N3O2/c1-11(2)17(22)20-7-5-6-15(10-20)19-16(21)14-8-12(3)18-13(4)9-14/h8-9,11,15H,5-7,10H2,1-4H3,(H,19,21)/t15-/m1/s1. The van der Waals surface area contributed by atoms with E-state index in [9.17, 15) is 9.59 Å². The van der Waals surface area contributed by atoms with Gasteiger partial charge in [0.15, 0.2) is 0 Å². The topological polar surface area (TPSA) is 62.3 Å². The fourth-order valence-electron chi connectivity index (χ4n) is 2.89. The Kier molecular flexibility index (Phi) is 5.16. The molecule has 22 heavy (non-hydrogen) atoms. The molecule has 5 nitrogen and oxygen atoms in total. The molecule has 5 heteroatoms. The van der Waals surface area contributed by atoms with Crippen molar-refractivity contribution in [2.45, 2.75) is 46.6 Å². The first-order chi connectivity index (χ1) is 10.4. The zero-order valence-corrected chi connectivity index (χ0v) is 13.8. The lowest BCUT2D eigenvalue weighted by Crippen LogP contribution is -2.50. The average Bonchev–Trinajstić information content (AvgIpc) is 2.45. The predicted octanol–water partition coefficient (Wildman–Crippen LogP) is 2.08. The van der Waals surface area contributed by atoms with E-state index in [1.54, 1.807) is 12.1 Å². The van der Waals surface area contributed by atoms with Gasteiger partial charge in [0.05, 0.1) is 0 Å². The first-order valence-corrected chi connectivity index (χ1v) is 7.91. The molecule has 0 unspecified atom stereocenters. The summed E-state index contributed by atoms with van der Waals surface area (Å²) in [6.45, 7) is 8.98. The van der Waals surface area contributed by atoms with Crippen molar-refractivity contribution in [3.8, 4) is 0 Å². The second-order valence-corrected chi connectivity index (χ2v) is 6.39. The van der Waals surface area contributed by atoms with Crippen molar-refractivity contribution >= 4 is 11.8 Å². The van der Waals surface area contributed by atoms with E-state index in [1.807, 2.05) is 32.6 Å². The number of hydrogen-bond donors (Lipinski definition) is 1. The molecule has 0 bridgehead atoms. The summed E-state index contributed by atoms with van der Waals surface area (Å²) in [4.78, 5) is 30.6. The highest BCUT2D eigenvalue weighted by atomic mass is 16.2. The zero-order chi connectivity index (χ0) is 16.3. The Morgan fingerprint density at radius 2 is 1.91 bits per heavy atom. The minimum Gasteiger partial charge on any atom is -0.348 e. The van der Waals surface area contributed by atoms with Gasteiger partial charge in [0.2, 0.25) is 5.91 Å². The van der Waals surface area contributed by atoms with Crippen molar-refractivity contribution in [1.29, 1.82) is 0 Å². The molecule has 2 heterocycles. The third-order valence-electron chi connectivity index (χ3n) is 3.91. The van der Waals surface area contributed by atoms with Crippen molar-refractivity contribution in [3.05, 3.63) is 29.1 Å². The summed E-state index contributed by atoms with van der Waals surface area (Å²) < 4.78 is 0. The molecule has 0 aliphatic carbocycles. The van der Waals surface area contributed by atoms with Crippen LogP contribution in [0.15, 0.2) is 12.1 Å². The summed E-state index contributed by atoms with van der Waals surface area (Å²) in [5.41, 5.74) is 2.31. The number of piperidine rings is 1. The minimum absolute atomic E-state index is 0.0000478. The van der Waals surface area contributed by atoms with Gasteiger partial charge < -0.3 is 10.2 Å². The quantitative estimate of drug-likeness (QED) is 0.930. The molecule has 1 fully saturated rings. The highest BCUT2D eigenvalue weighted by molar-refractivity contribution is 5.94. The molecule has 1 atom stereocenters. The van der Waals surface area contributed by atoms with Crippen molar-refractivity contribution in [1.82, 2.24) is 15.2 Å². The monoisotopic (exact) mass is 303 g/mol. The van der Waals surface area contributed by atoms with Crippen LogP contribution in [0, 0.1) is 19.8 Å². The SMILES string of the molecule is Cc1cc(C(=O)N[C@@H]2CCCN(C(=O)C(C)C)C2)cc(C)n1. The average molecular weight is 303 g/mol. The largest absolute Gasteiger partial charge is 0.348 e. The molecule has 1 aromatic heterocycles. The smallest absolute Gasteiger partial charge is 0.251 e. The highest BCUT2D eigenvalue weighted by Crippen LogP contribution is 2.14. The molecular formula is C17H25N3O2. The van der Waals surface area contributed by atoms with E-state index in [2.05, 4.69) is 10.3 Å². The third-order valence-corrected chi connectivity index (χ3v) is 3.91. The number of carbonyl (C=O) groups is 2. The van der Waals surface area contributed by atoms with Gasteiger partial charge in [-0.05, 0) is 38.8 Å². The zero-order valence-electron chi connectivity index (χ0n) is 13.8. The third kappa shape index (κ3) is 4.06. The summed E-state index contributed by atoms with van der Waals surface area (Å²) in [6, 6.07) is 3.61. The van der Waals surface area contributed by atoms with Crippen molar-refractivity contribution in [3.63, 3.8) is 0 Å². The van der Waals surface area contributed by atoms with Gasteiger partial charge in [0, 0.05) is 42.0 Å². The lowest BCUT2D eigenvalue weighted by molar-refractivity contribution is -0.135. The second-order valence-electron chi connectivity index (χ2n) is 6.39. The van der Waals surface area contributed by atoms with Crippen LogP contribution in [0.25, 0.3) is 0 Å². The second kappa shape index (κ2) is 6.90. The van der Waals surface area contributed by atoms with Crippen LogP contribution in [0.4, 0.5) is 0 Å². The number of aryl methyl sites for hydroxylation is 2. The van der Waals surface area contributed by atoms with Gasteiger partial charge in [-0.15, -0.1) is 0 Å². The Bertz CT molecular complexity index is 549. The molecule has 120 valence electrons. The fourth-order valence-corrected chi connectivity index (χ4v) is 2.89. The van der Waals surface area contributed by atoms with E-state index in [0.717, 1.165) is 30.8 Å². The Morgan fingerprint density at radius 1 is 1.27 bits per heavy atom. The molecule has 1 aliphatic heterocycles. The van der Waals surface area contributed by atoms with Gasteiger partial charge in [0.1, 0.15) is 0 Å².